The van der Waals surface area contributed by atoms with Crippen molar-refractivity contribution in [3.05, 3.63) is 156 Å². The van der Waals surface area contributed by atoms with Gasteiger partial charge in [0.2, 0.25) is 0 Å². The smallest absolute Gasteiger partial charge is 0.0995 e. The minimum absolute atomic E-state index is 0.346. The monoisotopic (exact) mass is 619 g/mol. The minimum atomic E-state index is -0.346. The zero-order valence-electron chi connectivity index (χ0n) is 26.5. The maximum atomic E-state index is 9.96. The van der Waals surface area contributed by atoms with Crippen molar-refractivity contribution in [1.82, 2.24) is 4.57 Å². The molecule has 0 fully saturated rings. The number of rotatable bonds is 5. The van der Waals surface area contributed by atoms with Crippen molar-refractivity contribution >= 4 is 44.3 Å². The van der Waals surface area contributed by atoms with E-state index in [2.05, 4.69) is 125 Å². The first kappa shape index (κ1) is 29.1. The van der Waals surface area contributed by atoms with E-state index in [1.54, 1.807) is 6.20 Å². The van der Waals surface area contributed by atoms with Gasteiger partial charge in [-0.25, -0.2) is 0 Å². The molecule has 0 radical (unpaired) electrons. The summed E-state index contributed by atoms with van der Waals surface area (Å²) >= 11 is 0. The van der Waals surface area contributed by atoms with Crippen LogP contribution in [0.2, 0.25) is 0 Å². The summed E-state index contributed by atoms with van der Waals surface area (Å²) < 4.78 is 2.38. The highest BCUT2D eigenvalue weighted by molar-refractivity contribution is 6.20. The standard InChI is InChI=1S/C43H33N5/c44-25-8-1-9-26-47-38-17-6-5-16-37(38)42-40(47)24-23-36-34-14-3-2-13-33(34)35-15-4-7-18-39(35)48(43(36)42)32-21-19-29(20-22-32)41-30(27-45)11-10-12-31(41)28-46/h1-6,8-11,13-17,19-25,31H,7,12,18,26,44H2/b9-1-,25-8-. The number of benzene rings is 4. The fourth-order valence-electron chi connectivity index (χ4n) is 7.66. The molecule has 5 aromatic rings. The Morgan fingerprint density at radius 3 is 2.44 bits per heavy atom. The molecule has 5 heteroatoms. The highest BCUT2D eigenvalue weighted by Crippen LogP contribution is 2.52. The molecule has 2 heterocycles. The quantitative estimate of drug-likeness (QED) is 0.199. The average molecular weight is 620 g/mol. The highest BCUT2D eigenvalue weighted by atomic mass is 15.2. The Morgan fingerprint density at radius 2 is 1.62 bits per heavy atom. The maximum absolute atomic E-state index is 9.96. The Hall–Kier alpha value is -6.30. The molecular formula is C43H33N5. The molecule has 5 nitrogen and oxygen atoms in total. The lowest BCUT2D eigenvalue weighted by atomic mass is 9.84. The van der Waals surface area contributed by atoms with Gasteiger partial charge in [0.1, 0.15) is 0 Å². The lowest BCUT2D eigenvalue weighted by molar-refractivity contribution is 0.854. The molecule has 2 aliphatic carbocycles. The zero-order chi connectivity index (χ0) is 32.6. The van der Waals surface area contributed by atoms with Crippen LogP contribution >= 0.6 is 0 Å². The van der Waals surface area contributed by atoms with Gasteiger partial charge < -0.3 is 15.2 Å². The van der Waals surface area contributed by atoms with Gasteiger partial charge in [-0.15, -0.1) is 0 Å². The highest BCUT2D eigenvalue weighted by Gasteiger charge is 2.31. The maximum Gasteiger partial charge on any atom is 0.0995 e. The van der Waals surface area contributed by atoms with Gasteiger partial charge in [-0.3, -0.25) is 0 Å². The molecule has 0 saturated carbocycles. The molecule has 8 rings (SSSR count). The molecule has 2 N–H and O–H groups in total. The number of anilines is 2. The second-order valence-corrected chi connectivity index (χ2v) is 12.3. The van der Waals surface area contributed by atoms with E-state index >= 15 is 0 Å². The van der Waals surface area contributed by atoms with Gasteiger partial charge in [-0.2, -0.15) is 10.5 Å². The van der Waals surface area contributed by atoms with Crippen LogP contribution in [-0.4, -0.2) is 4.57 Å². The van der Waals surface area contributed by atoms with Crippen molar-refractivity contribution < 1.29 is 0 Å². The Balaban J connectivity index is 1.42. The van der Waals surface area contributed by atoms with E-state index in [9.17, 15) is 10.5 Å². The molecule has 48 heavy (non-hydrogen) atoms. The molecule has 0 amide bonds. The average Bonchev–Trinajstić information content (AvgIpc) is 3.40. The number of hydrogen-bond donors (Lipinski definition) is 1. The third kappa shape index (κ3) is 4.60. The van der Waals surface area contributed by atoms with Crippen molar-refractivity contribution in [1.29, 1.82) is 10.5 Å². The molecule has 0 bridgehead atoms. The summed E-state index contributed by atoms with van der Waals surface area (Å²) in [5.41, 5.74) is 18.6. The van der Waals surface area contributed by atoms with Gasteiger partial charge in [0, 0.05) is 45.4 Å². The Kier molecular flexibility index (Phi) is 7.36. The molecular weight excluding hydrogens is 587 g/mol. The van der Waals surface area contributed by atoms with E-state index in [0.29, 0.717) is 18.5 Å². The van der Waals surface area contributed by atoms with Crippen LogP contribution in [0.15, 0.2) is 145 Å². The van der Waals surface area contributed by atoms with E-state index in [1.165, 1.54) is 55.5 Å². The third-order valence-corrected chi connectivity index (χ3v) is 9.71. The summed E-state index contributed by atoms with van der Waals surface area (Å²) in [5.74, 6) is -0.346. The molecule has 0 spiro atoms. The van der Waals surface area contributed by atoms with E-state index in [1.807, 2.05) is 24.3 Å². The number of nitrogens with two attached hydrogens (primary N) is 1. The number of allylic oxidation sites excluding steroid dienone is 11. The number of hydrogen-bond acceptors (Lipinski definition) is 4. The first-order valence-corrected chi connectivity index (χ1v) is 16.4. The van der Waals surface area contributed by atoms with Crippen LogP contribution in [0.5, 0.6) is 0 Å². The number of aromatic nitrogens is 1. The van der Waals surface area contributed by atoms with Gasteiger partial charge in [0.05, 0.1) is 34.8 Å². The van der Waals surface area contributed by atoms with Crippen molar-refractivity contribution in [2.75, 3.05) is 4.90 Å². The summed E-state index contributed by atoms with van der Waals surface area (Å²) in [6.45, 7) is 0.708. The van der Waals surface area contributed by atoms with Gasteiger partial charge in [-0.1, -0.05) is 91.0 Å². The fraction of sp³-hybridized carbons (Fsp3) is 0.116. The van der Waals surface area contributed by atoms with E-state index < -0.39 is 0 Å². The topological polar surface area (TPSA) is 81.8 Å². The third-order valence-electron chi connectivity index (χ3n) is 9.71. The number of nitriles is 2. The van der Waals surface area contributed by atoms with E-state index in [-0.39, 0.29) is 5.92 Å². The molecule has 1 aromatic heterocycles. The summed E-state index contributed by atoms with van der Waals surface area (Å²) in [6.07, 6.45) is 18.3. The largest absolute Gasteiger partial charge is 0.405 e. The van der Waals surface area contributed by atoms with Crippen molar-refractivity contribution in [2.45, 2.75) is 25.8 Å². The van der Waals surface area contributed by atoms with Crippen LogP contribution in [0, 0.1) is 28.6 Å². The summed E-state index contributed by atoms with van der Waals surface area (Å²) in [4.78, 5) is 2.48. The zero-order valence-corrected chi connectivity index (χ0v) is 26.5. The van der Waals surface area contributed by atoms with Crippen LogP contribution in [0.4, 0.5) is 11.4 Å². The van der Waals surface area contributed by atoms with E-state index in [4.69, 9.17) is 5.73 Å². The predicted molar refractivity (Wildman–Crippen MR) is 197 cm³/mol. The normalized spacial score (nSPS) is 17.1. The fourth-order valence-corrected chi connectivity index (χ4v) is 7.66. The van der Waals surface area contributed by atoms with Crippen LogP contribution in [0.1, 0.15) is 30.4 Å². The number of fused-ring (bicyclic) bond motifs is 8. The molecule has 1 unspecified atom stereocenters. The Labute approximate surface area is 280 Å². The van der Waals surface area contributed by atoms with Gasteiger partial charge in [-0.05, 0) is 84.1 Å². The van der Waals surface area contributed by atoms with Crippen molar-refractivity contribution in [3.63, 3.8) is 0 Å². The second kappa shape index (κ2) is 12.1. The van der Waals surface area contributed by atoms with Crippen molar-refractivity contribution in [2.24, 2.45) is 11.7 Å². The first-order chi connectivity index (χ1) is 23.7. The lowest BCUT2D eigenvalue weighted by Gasteiger charge is -2.32. The molecule has 3 aliphatic rings. The molecule has 230 valence electrons. The van der Waals surface area contributed by atoms with E-state index in [0.717, 1.165) is 29.7 Å². The number of nitrogens with zero attached hydrogens (tertiary/aromatic N) is 4. The van der Waals surface area contributed by atoms with Gasteiger partial charge in [0.15, 0.2) is 0 Å². The second-order valence-electron chi connectivity index (χ2n) is 12.3. The SMILES string of the molecule is N#CC1=C(c2ccc(N3C4=C(C=CCC4)c4ccccc4-c4ccc5c(c43)c3ccccc3n5C/C=C\C=C/N)cc2)C(C#N)CC=C1. The summed E-state index contributed by atoms with van der Waals surface area (Å²) in [7, 11) is 0. The van der Waals surface area contributed by atoms with Crippen LogP contribution < -0.4 is 10.6 Å². The first-order valence-electron chi connectivity index (χ1n) is 16.4. The summed E-state index contributed by atoms with van der Waals surface area (Å²) in [5, 5.41) is 22.3. The predicted octanol–water partition coefficient (Wildman–Crippen LogP) is 10.1. The summed E-state index contributed by atoms with van der Waals surface area (Å²) in [6, 6.07) is 35.2. The molecule has 4 aromatic carbocycles. The molecule has 1 atom stereocenters. The van der Waals surface area contributed by atoms with Crippen LogP contribution in [0.3, 0.4) is 0 Å². The number of para-hydroxylation sites is 1. The Morgan fingerprint density at radius 1 is 0.812 bits per heavy atom. The molecule has 0 saturated heterocycles. The van der Waals surface area contributed by atoms with Crippen LogP contribution in [-0.2, 0) is 6.54 Å². The van der Waals surface area contributed by atoms with Gasteiger partial charge >= 0.3 is 0 Å². The van der Waals surface area contributed by atoms with Crippen molar-refractivity contribution in [3.8, 4) is 23.3 Å². The minimum Gasteiger partial charge on any atom is -0.405 e. The lowest BCUT2D eigenvalue weighted by Crippen LogP contribution is -2.19. The van der Waals surface area contributed by atoms with Crippen LogP contribution in [0.25, 0.3) is 44.1 Å². The Bertz CT molecular complexity index is 2380. The van der Waals surface area contributed by atoms with Gasteiger partial charge in [0.25, 0.3) is 0 Å². The molecule has 1 aliphatic heterocycles.